The van der Waals surface area contributed by atoms with Gasteiger partial charge in [-0.2, -0.15) is 0 Å². The first-order valence-electron chi connectivity index (χ1n) is 5.62. The van der Waals surface area contributed by atoms with Gasteiger partial charge in [0.2, 0.25) is 0 Å². The van der Waals surface area contributed by atoms with Crippen LogP contribution in [0, 0.1) is 5.92 Å². The Balaban J connectivity index is 1.99. The molecule has 86 valence electrons. The van der Waals surface area contributed by atoms with Crippen molar-refractivity contribution in [3.8, 4) is 0 Å². The van der Waals surface area contributed by atoms with Crippen LogP contribution in [0.2, 0.25) is 0 Å². The van der Waals surface area contributed by atoms with E-state index in [1.54, 1.807) is 6.20 Å². The topological polar surface area (TPSA) is 58.0 Å². The Morgan fingerprint density at radius 1 is 1.62 bits per heavy atom. The number of hydrogen-bond donors (Lipinski definition) is 2. The summed E-state index contributed by atoms with van der Waals surface area (Å²) in [7, 11) is 0. The van der Waals surface area contributed by atoms with E-state index in [9.17, 15) is 5.11 Å². The summed E-state index contributed by atoms with van der Waals surface area (Å²) in [5, 5.41) is 12.6. The molecule has 0 saturated heterocycles. The SMILES string of the molecule is C/C=C1\C[C@H](Nc2ccncn2)C[C@@H]1CO. The second-order valence-corrected chi connectivity index (χ2v) is 4.12. The number of hydrogen-bond acceptors (Lipinski definition) is 4. The molecule has 4 heteroatoms. The van der Waals surface area contributed by atoms with Crippen molar-refractivity contribution >= 4 is 5.82 Å². The van der Waals surface area contributed by atoms with Gasteiger partial charge in [-0.05, 0) is 25.8 Å². The minimum atomic E-state index is 0.238. The zero-order chi connectivity index (χ0) is 11.4. The first-order chi connectivity index (χ1) is 7.83. The lowest BCUT2D eigenvalue weighted by Gasteiger charge is -2.12. The fraction of sp³-hybridized carbons (Fsp3) is 0.500. The van der Waals surface area contributed by atoms with Crippen LogP contribution in [0.3, 0.4) is 0 Å². The summed E-state index contributed by atoms with van der Waals surface area (Å²) in [4.78, 5) is 8.02. The number of anilines is 1. The zero-order valence-corrected chi connectivity index (χ0v) is 9.43. The molecule has 0 aromatic carbocycles. The summed E-state index contributed by atoms with van der Waals surface area (Å²) >= 11 is 0. The van der Waals surface area contributed by atoms with Crippen LogP contribution >= 0.6 is 0 Å². The molecular weight excluding hydrogens is 202 g/mol. The van der Waals surface area contributed by atoms with Crippen molar-refractivity contribution < 1.29 is 5.11 Å². The summed E-state index contributed by atoms with van der Waals surface area (Å²) in [6, 6.07) is 2.24. The van der Waals surface area contributed by atoms with Crippen LogP contribution < -0.4 is 5.32 Å². The summed E-state index contributed by atoms with van der Waals surface area (Å²) in [5.41, 5.74) is 1.34. The predicted octanol–water partition coefficient (Wildman–Crippen LogP) is 1.61. The quantitative estimate of drug-likeness (QED) is 0.758. The fourth-order valence-corrected chi connectivity index (χ4v) is 2.27. The first kappa shape index (κ1) is 11.1. The van der Waals surface area contributed by atoms with Crippen LogP contribution in [-0.2, 0) is 0 Å². The maximum atomic E-state index is 9.26. The lowest BCUT2D eigenvalue weighted by molar-refractivity contribution is 0.248. The monoisotopic (exact) mass is 219 g/mol. The predicted molar refractivity (Wildman–Crippen MR) is 63.0 cm³/mol. The first-order valence-corrected chi connectivity index (χ1v) is 5.62. The van der Waals surface area contributed by atoms with E-state index >= 15 is 0 Å². The van der Waals surface area contributed by atoms with Gasteiger partial charge >= 0.3 is 0 Å². The Morgan fingerprint density at radius 3 is 3.06 bits per heavy atom. The smallest absolute Gasteiger partial charge is 0.129 e. The fourth-order valence-electron chi connectivity index (χ4n) is 2.27. The highest BCUT2D eigenvalue weighted by Crippen LogP contribution is 2.32. The third-order valence-electron chi connectivity index (χ3n) is 3.10. The Bertz CT molecular complexity index is 364. The highest BCUT2D eigenvalue weighted by molar-refractivity contribution is 5.35. The summed E-state index contributed by atoms with van der Waals surface area (Å²) in [6.07, 6.45) is 7.34. The molecule has 0 amide bonds. The van der Waals surface area contributed by atoms with E-state index in [-0.39, 0.29) is 6.61 Å². The Morgan fingerprint density at radius 2 is 2.50 bits per heavy atom. The molecule has 1 aliphatic rings. The van der Waals surface area contributed by atoms with Crippen LogP contribution in [0.5, 0.6) is 0 Å². The molecule has 2 N–H and O–H groups in total. The standard InChI is InChI=1S/C12H17N3O/c1-2-9-5-11(6-10(9)7-16)15-12-3-4-13-8-14-12/h2-4,8,10-11,16H,5-7H2,1H3,(H,13,14,15)/b9-2+/t10-,11+/m1/s1. The average molecular weight is 219 g/mol. The van der Waals surface area contributed by atoms with Crippen molar-refractivity contribution in [2.24, 2.45) is 5.92 Å². The van der Waals surface area contributed by atoms with Crippen LogP contribution in [-0.4, -0.2) is 27.7 Å². The third-order valence-corrected chi connectivity index (χ3v) is 3.10. The summed E-state index contributed by atoms with van der Waals surface area (Å²) < 4.78 is 0. The van der Waals surface area contributed by atoms with Crippen molar-refractivity contribution in [3.63, 3.8) is 0 Å². The maximum Gasteiger partial charge on any atom is 0.129 e. The molecule has 1 aromatic rings. The normalized spacial score (nSPS) is 27.2. The van der Waals surface area contributed by atoms with Crippen molar-refractivity contribution in [1.29, 1.82) is 0 Å². The molecule has 1 heterocycles. The molecule has 0 spiro atoms. The molecule has 0 aliphatic heterocycles. The van der Waals surface area contributed by atoms with Gasteiger partial charge in [0.1, 0.15) is 12.1 Å². The number of aromatic nitrogens is 2. The van der Waals surface area contributed by atoms with Gasteiger partial charge in [-0.3, -0.25) is 0 Å². The Labute approximate surface area is 95.4 Å². The minimum Gasteiger partial charge on any atom is -0.396 e. The number of rotatable bonds is 3. The van der Waals surface area contributed by atoms with E-state index in [1.165, 1.54) is 11.9 Å². The van der Waals surface area contributed by atoms with E-state index in [0.717, 1.165) is 18.7 Å². The minimum absolute atomic E-state index is 0.238. The van der Waals surface area contributed by atoms with Gasteiger partial charge in [-0.15, -0.1) is 0 Å². The molecule has 16 heavy (non-hydrogen) atoms. The number of aliphatic hydroxyl groups excluding tert-OH is 1. The van der Waals surface area contributed by atoms with Crippen molar-refractivity contribution in [2.75, 3.05) is 11.9 Å². The third kappa shape index (κ3) is 2.39. The van der Waals surface area contributed by atoms with Crippen molar-refractivity contribution in [1.82, 2.24) is 9.97 Å². The van der Waals surface area contributed by atoms with E-state index in [2.05, 4.69) is 21.4 Å². The zero-order valence-electron chi connectivity index (χ0n) is 9.43. The van der Waals surface area contributed by atoms with Crippen LogP contribution in [0.15, 0.2) is 30.2 Å². The second-order valence-electron chi connectivity index (χ2n) is 4.12. The largest absolute Gasteiger partial charge is 0.396 e. The van der Waals surface area contributed by atoms with Crippen LogP contribution in [0.4, 0.5) is 5.82 Å². The number of nitrogens with zero attached hydrogens (tertiary/aromatic N) is 2. The molecule has 2 rings (SSSR count). The van der Waals surface area contributed by atoms with Gasteiger partial charge in [0.15, 0.2) is 0 Å². The molecule has 0 bridgehead atoms. The number of allylic oxidation sites excluding steroid dienone is 1. The molecule has 1 aromatic heterocycles. The molecule has 1 saturated carbocycles. The van der Waals surface area contributed by atoms with Gasteiger partial charge in [-0.1, -0.05) is 11.6 Å². The van der Waals surface area contributed by atoms with E-state index in [1.807, 2.05) is 13.0 Å². The van der Waals surface area contributed by atoms with Gasteiger partial charge in [0.25, 0.3) is 0 Å². The van der Waals surface area contributed by atoms with Gasteiger partial charge in [0.05, 0.1) is 0 Å². The van der Waals surface area contributed by atoms with Gasteiger partial charge in [-0.25, -0.2) is 9.97 Å². The molecule has 0 unspecified atom stereocenters. The second kappa shape index (κ2) is 5.07. The van der Waals surface area contributed by atoms with Crippen molar-refractivity contribution in [3.05, 3.63) is 30.2 Å². The summed E-state index contributed by atoms with van der Waals surface area (Å²) in [6.45, 7) is 2.27. The lowest BCUT2D eigenvalue weighted by atomic mass is 10.0. The number of aliphatic hydroxyl groups is 1. The van der Waals surface area contributed by atoms with Crippen LogP contribution in [0.25, 0.3) is 0 Å². The molecule has 1 aliphatic carbocycles. The summed E-state index contributed by atoms with van der Waals surface area (Å²) in [5.74, 6) is 1.17. The average Bonchev–Trinajstić information content (AvgIpc) is 2.72. The molecule has 0 radical (unpaired) electrons. The highest BCUT2D eigenvalue weighted by Gasteiger charge is 2.28. The van der Waals surface area contributed by atoms with Crippen molar-refractivity contribution in [2.45, 2.75) is 25.8 Å². The molecular formula is C12H17N3O. The number of nitrogens with one attached hydrogen (secondary N) is 1. The Kier molecular flexibility index (Phi) is 3.51. The van der Waals surface area contributed by atoms with E-state index in [4.69, 9.17) is 0 Å². The highest BCUT2D eigenvalue weighted by atomic mass is 16.3. The van der Waals surface area contributed by atoms with E-state index < -0.39 is 0 Å². The maximum absolute atomic E-state index is 9.26. The Hall–Kier alpha value is -1.42. The van der Waals surface area contributed by atoms with Gasteiger partial charge in [0, 0.05) is 24.8 Å². The lowest BCUT2D eigenvalue weighted by Crippen LogP contribution is -2.16. The molecule has 1 fully saturated rings. The molecule has 4 nitrogen and oxygen atoms in total. The van der Waals surface area contributed by atoms with E-state index in [0.29, 0.717) is 12.0 Å². The van der Waals surface area contributed by atoms with Gasteiger partial charge < -0.3 is 10.4 Å². The van der Waals surface area contributed by atoms with Crippen LogP contribution in [0.1, 0.15) is 19.8 Å². The molecule has 2 atom stereocenters.